The van der Waals surface area contributed by atoms with Crippen LogP contribution in [0.3, 0.4) is 0 Å². The fourth-order valence-electron chi connectivity index (χ4n) is 1.89. The number of amides is 2. The van der Waals surface area contributed by atoms with E-state index in [0.717, 1.165) is 5.69 Å². The SMILES string of the molecule is NC(=O)CNC(=O)COC(=O)c1ccccc1Nc1ccccc1. The topological polar surface area (TPSA) is 111 Å². The number of esters is 1. The Kier molecular flexibility index (Phi) is 5.90. The van der Waals surface area contributed by atoms with E-state index < -0.39 is 24.4 Å². The number of ether oxygens (including phenoxy) is 1. The summed E-state index contributed by atoms with van der Waals surface area (Å²) in [4.78, 5) is 34.2. The van der Waals surface area contributed by atoms with E-state index in [2.05, 4.69) is 10.6 Å². The van der Waals surface area contributed by atoms with Crippen LogP contribution in [0.4, 0.5) is 11.4 Å². The summed E-state index contributed by atoms with van der Waals surface area (Å²) in [5.41, 5.74) is 6.58. The van der Waals surface area contributed by atoms with Crippen molar-refractivity contribution in [3.8, 4) is 0 Å². The van der Waals surface area contributed by atoms with Gasteiger partial charge in [0.05, 0.1) is 17.8 Å². The summed E-state index contributed by atoms with van der Waals surface area (Å²) < 4.78 is 4.96. The first kappa shape index (κ1) is 17.0. The molecule has 0 saturated carbocycles. The van der Waals surface area contributed by atoms with Crippen LogP contribution in [0.1, 0.15) is 10.4 Å². The van der Waals surface area contributed by atoms with Gasteiger partial charge in [-0.2, -0.15) is 0 Å². The minimum atomic E-state index is -0.674. The maximum atomic E-state index is 12.2. The number of anilines is 2. The van der Waals surface area contributed by atoms with Gasteiger partial charge in [-0.05, 0) is 24.3 Å². The van der Waals surface area contributed by atoms with Gasteiger partial charge in [0.25, 0.3) is 5.91 Å². The van der Waals surface area contributed by atoms with E-state index in [-0.39, 0.29) is 6.54 Å². The number of para-hydroxylation sites is 2. The third-order valence-electron chi connectivity index (χ3n) is 2.99. The molecule has 2 aromatic carbocycles. The van der Waals surface area contributed by atoms with Crippen molar-refractivity contribution in [2.75, 3.05) is 18.5 Å². The number of hydrogen-bond acceptors (Lipinski definition) is 5. The van der Waals surface area contributed by atoms with Gasteiger partial charge in [0.15, 0.2) is 6.61 Å². The van der Waals surface area contributed by atoms with Crippen molar-refractivity contribution < 1.29 is 19.1 Å². The van der Waals surface area contributed by atoms with Crippen molar-refractivity contribution in [3.63, 3.8) is 0 Å². The molecular formula is C17H17N3O4. The van der Waals surface area contributed by atoms with E-state index in [9.17, 15) is 14.4 Å². The highest BCUT2D eigenvalue weighted by Gasteiger charge is 2.14. The van der Waals surface area contributed by atoms with Gasteiger partial charge < -0.3 is 21.1 Å². The molecule has 2 rings (SSSR count). The molecule has 24 heavy (non-hydrogen) atoms. The molecule has 0 radical (unpaired) electrons. The largest absolute Gasteiger partial charge is 0.452 e. The second-order valence-electron chi connectivity index (χ2n) is 4.86. The maximum absolute atomic E-state index is 12.2. The summed E-state index contributed by atoms with van der Waals surface area (Å²) in [6.07, 6.45) is 0. The van der Waals surface area contributed by atoms with E-state index in [0.29, 0.717) is 11.3 Å². The van der Waals surface area contributed by atoms with Gasteiger partial charge in [-0.3, -0.25) is 9.59 Å². The lowest BCUT2D eigenvalue weighted by atomic mass is 10.1. The fraction of sp³-hybridized carbons (Fsp3) is 0.118. The minimum Gasteiger partial charge on any atom is -0.452 e. The van der Waals surface area contributed by atoms with Crippen LogP contribution in [0.15, 0.2) is 54.6 Å². The monoisotopic (exact) mass is 327 g/mol. The highest BCUT2D eigenvalue weighted by atomic mass is 16.5. The van der Waals surface area contributed by atoms with Crippen LogP contribution in [0.25, 0.3) is 0 Å². The predicted octanol–water partition coefficient (Wildman–Crippen LogP) is 1.19. The van der Waals surface area contributed by atoms with Crippen LogP contribution in [0.5, 0.6) is 0 Å². The number of benzene rings is 2. The number of nitrogens with two attached hydrogens (primary N) is 1. The molecule has 0 fully saturated rings. The molecule has 0 aliphatic rings. The number of rotatable bonds is 7. The number of nitrogens with one attached hydrogen (secondary N) is 2. The molecule has 0 heterocycles. The predicted molar refractivity (Wildman–Crippen MR) is 88.7 cm³/mol. The highest BCUT2D eigenvalue weighted by molar-refractivity contribution is 5.97. The van der Waals surface area contributed by atoms with Crippen molar-refractivity contribution in [2.45, 2.75) is 0 Å². The second kappa shape index (κ2) is 8.33. The molecule has 0 atom stereocenters. The molecule has 0 aliphatic carbocycles. The number of carbonyl (C=O) groups is 3. The standard InChI is InChI=1S/C17H17N3O4/c18-15(21)10-19-16(22)11-24-17(23)13-8-4-5-9-14(13)20-12-6-2-1-3-7-12/h1-9,20H,10-11H2,(H2,18,21)(H,19,22). The Morgan fingerprint density at radius 2 is 1.62 bits per heavy atom. The molecule has 0 spiro atoms. The number of carbonyl (C=O) groups excluding carboxylic acids is 3. The van der Waals surface area contributed by atoms with Gasteiger partial charge >= 0.3 is 5.97 Å². The fourth-order valence-corrected chi connectivity index (χ4v) is 1.89. The third-order valence-corrected chi connectivity index (χ3v) is 2.99. The van der Waals surface area contributed by atoms with Gasteiger partial charge in [0.1, 0.15) is 0 Å². The van der Waals surface area contributed by atoms with Crippen LogP contribution in [-0.2, 0) is 14.3 Å². The maximum Gasteiger partial charge on any atom is 0.340 e. The molecule has 0 bridgehead atoms. The number of primary amides is 1. The second-order valence-corrected chi connectivity index (χ2v) is 4.86. The average Bonchev–Trinajstić information content (AvgIpc) is 2.59. The lowest BCUT2D eigenvalue weighted by molar-refractivity contribution is -0.127. The van der Waals surface area contributed by atoms with E-state index in [1.165, 1.54) is 0 Å². The van der Waals surface area contributed by atoms with Crippen molar-refractivity contribution in [1.82, 2.24) is 5.32 Å². The molecule has 2 aromatic rings. The molecule has 2 amide bonds. The van der Waals surface area contributed by atoms with Crippen molar-refractivity contribution in [2.24, 2.45) is 5.73 Å². The Labute approximate surface area is 138 Å². The number of hydrogen-bond donors (Lipinski definition) is 3. The zero-order valence-corrected chi connectivity index (χ0v) is 12.8. The Hall–Kier alpha value is -3.35. The lowest BCUT2D eigenvalue weighted by Gasteiger charge is -2.11. The van der Waals surface area contributed by atoms with Crippen LogP contribution < -0.4 is 16.4 Å². The molecule has 0 unspecified atom stereocenters. The van der Waals surface area contributed by atoms with E-state index in [4.69, 9.17) is 10.5 Å². The Morgan fingerprint density at radius 1 is 0.958 bits per heavy atom. The Balaban J connectivity index is 1.99. The molecule has 0 saturated heterocycles. The van der Waals surface area contributed by atoms with Crippen LogP contribution in [0, 0.1) is 0 Å². The summed E-state index contributed by atoms with van der Waals surface area (Å²) in [6, 6.07) is 16.1. The summed E-state index contributed by atoms with van der Waals surface area (Å²) in [6.45, 7) is -0.797. The van der Waals surface area contributed by atoms with E-state index in [1.807, 2.05) is 30.3 Å². The van der Waals surface area contributed by atoms with Gasteiger partial charge in [-0.15, -0.1) is 0 Å². The van der Waals surface area contributed by atoms with Gasteiger partial charge in [0.2, 0.25) is 5.91 Å². The van der Waals surface area contributed by atoms with Crippen molar-refractivity contribution in [1.29, 1.82) is 0 Å². The van der Waals surface area contributed by atoms with Gasteiger partial charge in [-0.1, -0.05) is 30.3 Å². The first-order chi connectivity index (χ1) is 11.6. The summed E-state index contributed by atoms with van der Waals surface area (Å²) in [7, 11) is 0. The van der Waals surface area contributed by atoms with Crippen LogP contribution in [0.2, 0.25) is 0 Å². The van der Waals surface area contributed by atoms with Crippen LogP contribution in [-0.4, -0.2) is 30.9 Å². The van der Waals surface area contributed by atoms with E-state index in [1.54, 1.807) is 24.3 Å². The molecule has 0 aliphatic heterocycles. The van der Waals surface area contributed by atoms with Gasteiger partial charge in [-0.25, -0.2) is 4.79 Å². The quantitative estimate of drug-likeness (QED) is 0.662. The molecule has 7 nitrogen and oxygen atoms in total. The first-order valence-corrected chi connectivity index (χ1v) is 7.19. The summed E-state index contributed by atoms with van der Waals surface area (Å²) >= 11 is 0. The van der Waals surface area contributed by atoms with Crippen molar-refractivity contribution >= 4 is 29.2 Å². The zero-order chi connectivity index (χ0) is 17.4. The summed E-state index contributed by atoms with van der Waals surface area (Å²) in [5, 5.41) is 5.36. The third kappa shape index (κ3) is 5.13. The average molecular weight is 327 g/mol. The van der Waals surface area contributed by atoms with Crippen LogP contribution >= 0.6 is 0 Å². The highest BCUT2D eigenvalue weighted by Crippen LogP contribution is 2.21. The Morgan fingerprint density at radius 3 is 2.33 bits per heavy atom. The van der Waals surface area contributed by atoms with E-state index >= 15 is 0 Å². The lowest BCUT2D eigenvalue weighted by Crippen LogP contribution is -2.36. The molecular weight excluding hydrogens is 310 g/mol. The smallest absolute Gasteiger partial charge is 0.340 e. The minimum absolute atomic E-state index is 0.295. The van der Waals surface area contributed by atoms with Crippen molar-refractivity contribution in [3.05, 3.63) is 60.2 Å². The first-order valence-electron chi connectivity index (χ1n) is 7.19. The molecule has 0 aromatic heterocycles. The summed E-state index contributed by atoms with van der Waals surface area (Å²) in [5.74, 6) is -1.93. The van der Waals surface area contributed by atoms with Gasteiger partial charge in [0, 0.05) is 5.69 Å². The molecule has 4 N–H and O–H groups in total. The molecule has 124 valence electrons. The Bertz CT molecular complexity index is 732. The molecule has 7 heteroatoms. The zero-order valence-electron chi connectivity index (χ0n) is 12.8. The normalized spacial score (nSPS) is 9.83.